The number of benzene rings is 2. The van der Waals surface area contributed by atoms with Crippen molar-refractivity contribution in [2.75, 3.05) is 0 Å². The molecule has 0 aromatic heterocycles. The van der Waals surface area contributed by atoms with Gasteiger partial charge in [-0.05, 0) is 134 Å². The van der Waals surface area contributed by atoms with Gasteiger partial charge in [0.2, 0.25) is 0 Å². The number of fused-ring (bicyclic) bond motifs is 21. The van der Waals surface area contributed by atoms with Gasteiger partial charge in [-0.3, -0.25) is 52.1 Å². The Morgan fingerprint density at radius 1 is 0.293 bits per heavy atom. The first-order chi connectivity index (χ1) is 28.6. The van der Waals surface area contributed by atoms with Gasteiger partial charge >= 0.3 is 0 Å². The number of allylic oxidation sites excluding steroid dienone is 4. The van der Waals surface area contributed by atoms with Crippen LogP contribution in [-0.2, 0) is 9.59 Å². The van der Waals surface area contributed by atoms with Crippen molar-refractivity contribution in [3.63, 3.8) is 0 Å². The average Bonchev–Trinajstić information content (AvgIpc) is 4.01. The summed E-state index contributed by atoms with van der Waals surface area (Å²) in [5.41, 5.74) is 0. The molecule has 10 heteroatoms. The third-order valence-electron chi connectivity index (χ3n) is 16.3. The Bertz CT molecular complexity index is 1510. The fourth-order valence-corrected chi connectivity index (χ4v) is 13.5. The molecule has 5 aliphatic carbocycles. The van der Waals surface area contributed by atoms with Crippen molar-refractivity contribution < 1.29 is 9.59 Å². The lowest BCUT2D eigenvalue weighted by Gasteiger charge is -2.35. The number of carbonyl (C=O) groups is 2. The molecule has 8 unspecified atom stereocenters. The molecule has 4 saturated carbocycles. The molecule has 8 atom stereocenters. The highest BCUT2D eigenvalue weighted by Crippen LogP contribution is 2.45. The van der Waals surface area contributed by atoms with E-state index in [1.54, 1.807) is 0 Å². The van der Waals surface area contributed by atoms with E-state index < -0.39 is 0 Å². The van der Waals surface area contributed by atoms with Crippen LogP contribution in [0.2, 0.25) is 0 Å². The van der Waals surface area contributed by atoms with Crippen LogP contribution in [-0.4, -0.2) is 60.9 Å². The molecule has 5 aliphatic heterocycles. The second-order valence-electron chi connectivity index (χ2n) is 19.4. The summed E-state index contributed by atoms with van der Waals surface area (Å²) < 4.78 is 0. The van der Waals surface area contributed by atoms with Crippen LogP contribution in [0.5, 0.6) is 0 Å². The minimum Gasteiger partial charge on any atom is -0.290 e. The Hall–Kier alpha value is -2.80. The number of carbonyl (C=O) groups excluding carboxylic acids is 2. The van der Waals surface area contributed by atoms with Crippen molar-refractivity contribution in [3.05, 3.63) is 72.8 Å². The summed E-state index contributed by atoms with van der Waals surface area (Å²) >= 11 is 0. The number of nitrogens with one attached hydrogen (secondary N) is 8. The van der Waals surface area contributed by atoms with Crippen molar-refractivity contribution in [2.45, 2.75) is 152 Å². The molecule has 9 fully saturated rings. The lowest BCUT2D eigenvalue weighted by atomic mass is 9.76. The predicted molar refractivity (Wildman–Crippen MR) is 229 cm³/mol. The second kappa shape index (κ2) is 17.7. The number of ketones is 2. The predicted octanol–water partition coefficient (Wildman–Crippen LogP) is 5.70. The third-order valence-corrected chi connectivity index (χ3v) is 16.3. The van der Waals surface area contributed by atoms with Crippen molar-refractivity contribution in [3.8, 4) is 0 Å². The van der Waals surface area contributed by atoms with E-state index >= 15 is 0 Å². The molecule has 0 spiro atoms. The van der Waals surface area contributed by atoms with E-state index in [1.807, 2.05) is 0 Å². The molecular weight excluding hydrogens is 721 g/mol. The van der Waals surface area contributed by atoms with Crippen LogP contribution >= 0.6 is 0 Å². The number of hydrogen-bond acceptors (Lipinski definition) is 10. The highest BCUT2D eigenvalue weighted by atomic mass is 16.1. The first kappa shape index (κ1) is 39.3. The summed E-state index contributed by atoms with van der Waals surface area (Å²) in [6.45, 7) is 0. The lowest BCUT2D eigenvalue weighted by molar-refractivity contribution is -0.113. The van der Waals surface area contributed by atoms with Gasteiger partial charge in [0.15, 0.2) is 11.6 Å². The van der Waals surface area contributed by atoms with Gasteiger partial charge < -0.3 is 0 Å². The molecule has 5 saturated heterocycles. The molecule has 312 valence electrons. The highest BCUT2D eigenvalue weighted by molar-refractivity contribution is 6.14. The van der Waals surface area contributed by atoms with Gasteiger partial charge in [-0.25, -0.2) is 0 Å². The topological polar surface area (TPSA) is 130 Å². The maximum atomic E-state index is 10.3. The van der Waals surface area contributed by atoms with Gasteiger partial charge in [0, 0.05) is 0 Å². The third kappa shape index (κ3) is 8.17. The first-order valence-corrected chi connectivity index (χ1v) is 23.5. The molecular formula is C48H68N8O2. The van der Waals surface area contributed by atoms with Gasteiger partial charge in [0.05, 0.1) is 49.3 Å². The fourth-order valence-electron chi connectivity index (χ4n) is 13.5. The summed E-state index contributed by atoms with van der Waals surface area (Å²) in [6.07, 6.45) is 30.6. The van der Waals surface area contributed by atoms with E-state index in [4.69, 9.17) is 0 Å². The largest absolute Gasteiger partial charge is 0.290 e. The Balaban J connectivity index is 0.000000186. The van der Waals surface area contributed by atoms with Gasteiger partial charge in [0.1, 0.15) is 0 Å². The van der Waals surface area contributed by atoms with Crippen LogP contribution in [0.25, 0.3) is 10.8 Å². The van der Waals surface area contributed by atoms with Crippen molar-refractivity contribution in [1.82, 2.24) is 42.5 Å². The summed E-state index contributed by atoms with van der Waals surface area (Å²) in [7, 11) is 0. The fraction of sp³-hybridized carbons (Fsp3) is 0.667. The zero-order valence-electron chi connectivity index (χ0n) is 34.3. The van der Waals surface area contributed by atoms with E-state index in [2.05, 4.69) is 91.1 Å². The molecule has 12 rings (SSSR count). The van der Waals surface area contributed by atoms with Gasteiger partial charge in [-0.2, -0.15) is 0 Å². The Morgan fingerprint density at radius 3 is 0.638 bits per heavy atom. The minimum absolute atomic E-state index is 0.121. The Morgan fingerprint density at radius 2 is 0.466 bits per heavy atom. The van der Waals surface area contributed by atoms with Crippen LogP contribution in [0, 0.1) is 47.3 Å². The zero-order valence-corrected chi connectivity index (χ0v) is 34.3. The first-order valence-electron chi connectivity index (χ1n) is 23.5. The highest BCUT2D eigenvalue weighted by Gasteiger charge is 2.54. The smallest absolute Gasteiger partial charge is 0.178 e. The number of hydrogen-bond donors (Lipinski definition) is 8. The van der Waals surface area contributed by atoms with Crippen LogP contribution < -0.4 is 42.5 Å². The lowest BCUT2D eigenvalue weighted by Crippen LogP contribution is -2.61. The normalized spacial score (nSPS) is 43.9. The van der Waals surface area contributed by atoms with Crippen molar-refractivity contribution in [1.29, 1.82) is 0 Å². The van der Waals surface area contributed by atoms with E-state index in [0.717, 1.165) is 47.3 Å². The molecule has 2 aromatic rings. The number of rotatable bonds is 0. The summed E-state index contributed by atoms with van der Waals surface area (Å²) in [5, 5.41) is 36.4. The molecule has 0 radical (unpaired) electrons. The van der Waals surface area contributed by atoms with Crippen molar-refractivity contribution >= 4 is 22.3 Å². The Kier molecular flexibility index (Phi) is 12.0. The average molecular weight is 789 g/mol. The molecule has 2 aromatic carbocycles. The van der Waals surface area contributed by atoms with Crippen molar-refractivity contribution in [2.24, 2.45) is 47.3 Å². The standard InChI is InChI=1S/C32H56N8.C10H8.C6H4O2/c1-2-10-18-17(9-1)25-33-26(18)38-28-21-13-5-6-14-22(21)30(35-28)40-32-24-16-8-7-15-23(24)31(36-32)39-29-20-12-4-3-11-19(20)27(34-29)37-25;1-2-6-10-8-4-3-7-9(10)5-1;7-5-1-2-6(8)4-3-5/h17-40H,1-16H2;1-8H;1-4H. The molecule has 8 bridgehead atoms. The molecule has 58 heavy (non-hydrogen) atoms. The van der Waals surface area contributed by atoms with E-state index in [-0.39, 0.29) is 11.6 Å². The molecule has 8 N–H and O–H groups in total. The molecule has 10 aliphatic rings. The van der Waals surface area contributed by atoms with Crippen LogP contribution in [0.1, 0.15) is 103 Å². The van der Waals surface area contributed by atoms with Crippen LogP contribution in [0.15, 0.2) is 72.8 Å². The van der Waals surface area contributed by atoms with E-state index in [9.17, 15) is 9.59 Å². The van der Waals surface area contributed by atoms with E-state index in [0.29, 0.717) is 49.3 Å². The quantitative estimate of drug-likeness (QED) is 0.158. The second-order valence-corrected chi connectivity index (χ2v) is 19.4. The summed E-state index contributed by atoms with van der Waals surface area (Å²) in [4.78, 5) is 20.6. The summed E-state index contributed by atoms with van der Waals surface area (Å²) in [6, 6.07) is 16.7. The van der Waals surface area contributed by atoms with Gasteiger partial charge in [0.25, 0.3) is 0 Å². The van der Waals surface area contributed by atoms with Gasteiger partial charge in [-0.1, -0.05) is 99.9 Å². The van der Waals surface area contributed by atoms with Gasteiger partial charge in [-0.15, -0.1) is 0 Å². The minimum atomic E-state index is -0.121. The SMILES string of the molecule is C1CCC2C3NC(NC4NC(NC5NC(NC6NC(N3)C3CCCCC63)C3CCCCC53)C3CCCCC43)C2C1.O=C1C=CC(=O)C=C1.c1ccc2ccccc2c1. The van der Waals surface area contributed by atoms with Crippen LogP contribution in [0.3, 0.4) is 0 Å². The molecule has 10 nitrogen and oxygen atoms in total. The monoisotopic (exact) mass is 789 g/mol. The molecule has 0 amide bonds. The Labute approximate surface area is 345 Å². The molecule has 5 heterocycles. The maximum Gasteiger partial charge on any atom is 0.178 e. The van der Waals surface area contributed by atoms with E-state index in [1.165, 1.54) is 138 Å². The summed E-state index contributed by atoms with van der Waals surface area (Å²) in [5.74, 6) is 5.73. The maximum absolute atomic E-state index is 10.3. The van der Waals surface area contributed by atoms with Crippen LogP contribution in [0.4, 0.5) is 0 Å². The zero-order chi connectivity index (χ0) is 39.0.